The van der Waals surface area contributed by atoms with Crippen molar-refractivity contribution in [2.24, 2.45) is 16.8 Å². The predicted octanol–water partition coefficient (Wildman–Crippen LogP) is 1.90. The van der Waals surface area contributed by atoms with E-state index in [1.54, 1.807) is 6.92 Å². The molecule has 1 heterocycles. The summed E-state index contributed by atoms with van der Waals surface area (Å²) in [5.74, 6) is 0.262. The maximum atomic E-state index is 11.7. The smallest absolute Gasteiger partial charge is 0.330 e. The lowest BCUT2D eigenvalue weighted by Crippen LogP contribution is -2.22. The van der Waals surface area contributed by atoms with E-state index in [9.17, 15) is 9.59 Å². The van der Waals surface area contributed by atoms with E-state index in [1.165, 1.54) is 18.9 Å². The molecule has 5 nitrogen and oxygen atoms in total. The predicted molar refractivity (Wildman–Crippen MR) is 75.3 cm³/mol. The Bertz CT molecular complexity index is 368. The van der Waals surface area contributed by atoms with Gasteiger partial charge in [-0.25, -0.2) is 4.79 Å². The van der Waals surface area contributed by atoms with Crippen LogP contribution in [0.1, 0.15) is 27.2 Å². The third-order valence-corrected chi connectivity index (χ3v) is 4.09. The first kappa shape index (κ1) is 16.0. The number of nitrogens with zero attached hydrogens (tertiary/aromatic N) is 1. The van der Waals surface area contributed by atoms with Crippen molar-refractivity contribution in [1.29, 1.82) is 0 Å². The highest BCUT2D eigenvalue weighted by molar-refractivity contribution is 8.14. The van der Waals surface area contributed by atoms with Gasteiger partial charge in [0, 0.05) is 5.92 Å². The minimum absolute atomic E-state index is 0.212. The van der Waals surface area contributed by atoms with Crippen molar-refractivity contribution in [1.82, 2.24) is 0 Å². The van der Waals surface area contributed by atoms with Gasteiger partial charge < -0.3 is 9.47 Å². The zero-order chi connectivity index (χ0) is 14.4. The Kier molecular flexibility index (Phi) is 6.34. The van der Waals surface area contributed by atoms with E-state index in [-0.39, 0.29) is 23.6 Å². The van der Waals surface area contributed by atoms with E-state index in [0.717, 1.165) is 5.04 Å². The number of carbonyl (C=O) groups excluding carboxylic acids is 2. The fourth-order valence-electron chi connectivity index (χ4n) is 1.92. The van der Waals surface area contributed by atoms with Crippen LogP contribution in [0.5, 0.6) is 0 Å². The quantitative estimate of drug-likeness (QED) is 0.723. The molecule has 108 valence electrons. The van der Waals surface area contributed by atoms with Gasteiger partial charge in [0.05, 0.1) is 24.5 Å². The molecule has 19 heavy (non-hydrogen) atoms. The van der Waals surface area contributed by atoms with E-state index < -0.39 is 6.04 Å². The van der Waals surface area contributed by atoms with Crippen molar-refractivity contribution < 1.29 is 19.1 Å². The highest BCUT2D eigenvalue weighted by Gasteiger charge is 2.35. The maximum absolute atomic E-state index is 11.7. The summed E-state index contributed by atoms with van der Waals surface area (Å²) in [5, 5.41) is 0.860. The lowest BCUT2D eigenvalue weighted by atomic mass is 9.93. The van der Waals surface area contributed by atoms with Crippen LogP contribution in [0.4, 0.5) is 0 Å². The van der Waals surface area contributed by atoms with Crippen LogP contribution in [-0.2, 0) is 19.1 Å². The molecule has 0 N–H and O–H groups in total. The molecular formula is C13H21NO4S. The third kappa shape index (κ3) is 4.53. The van der Waals surface area contributed by atoms with E-state index in [4.69, 9.17) is 4.74 Å². The fourth-order valence-corrected chi connectivity index (χ4v) is 3.09. The molecule has 1 rings (SSSR count). The fraction of sp³-hybridized carbons (Fsp3) is 0.769. The summed E-state index contributed by atoms with van der Waals surface area (Å²) in [6.45, 7) is 6.32. The maximum Gasteiger partial charge on any atom is 0.330 e. The van der Waals surface area contributed by atoms with Crippen LogP contribution in [0, 0.1) is 11.8 Å². The van der Waals surface area contributed by atoms with Crippen LogP contribution in [0.3, 0.4) is 0 Å². The Balaban J connectivity index is 2.68. The van der Waals surface area contributed by atoms with Crippen molar-refractivity contribution in [3.63, 3.8) is 0 Å². The summed E-state index contributed by atoms with van der Waals surface area (Å²) in [7, 11) is 1.36. The average molecular weight is 287 g/mol. The summed E-state index contributed by atoms with van der Waals surface area (Å²) in [4.78, 5) is 27.3. The van der Waals surface area contributed by atoms with E-state index in [2.05, 4.69) is 23.6 Å². The van der Waals surface area contributed by atoms with Crippen molar-refractivity contribution >= 4 is 28.7 Å². The van der Waals surface area contributed by atoms with Gasteiger partial charge in [0.2, 0.25) is 0 Å². The standard InChI is InChI=1S/C13H21NO4S/c1-5-18-13(16)10-6-9(8(2)3)12(14-10)19-7-11(15)17-4/h8-10H,5-7H2,1-4H3/t9-,10-/m1/s1. The Morgan fingerprint density at radius 1 is 1.47 bits per heavy atom. The molecular weight excluding hydrogens is 266 g/mol. The number of carbonyl (C=O) groups is 2. The van der Waals surface area contributed by atoms with Gasteiger partial charge in [-0.05, 0) is 19.3 Å². The molecule has 0 saturated carbocycles. The summed E-state index contributed by atoms with van der Waals surface area (Å²) in [6.07, 6.45) is 0.667. The summed E-state index contributed by atoms with van der Waals surface area (Å²) >= 11 is 1.36. The van der Waals surface area contributed by atoms with Gasteiger partial charge in [-0.2, -0.15) is 0 Å². The number of methoxy groups -OCH3 is 1. The largest absolute Gasteiger partial charge is 0.468 e. The highest BCUT2D eigenvalue weighted by atomic mass is 32.2. The Morgan fingerprint density at radius 3 is 2.68 bits per heavy atom. The number of aliphatic imine (C=N–C) groups is 1. The van der Waals surface area contributed by atoms with Crippen LogP contribution in [0.15, 0.2) is 4.99 Å². The topological polar surface area (TPSA) is 65.0 Å². The molecule has 0 bridgehead atoms. The molecule has 0 aliphatic carbocycles. The number of hydrogen-bond acceptors (Lipinski definition) is 6. The highest BCUT2D eigenvalue weighted by Crippen LogP contribution is 2.32. The van der Waals surface area contributed by atoms with Gasteiger partial charge in [-0.3, -0.25) is 9.79 Å². The van der Waals surface area contributed by atoms with E-state index in [0.29, 0.717) is 18.9 Å². The molecule has 0 spiro atoms. The Hall–Kier alpha value is -1.04. The lowest BCUT2D eigenvalue weighted by molar-refractivity contribution is -0.144. The molecule has 0 aromatic rings. The minimum atomic E-state index is -0.424. The molecule has 6 heteroatoms. The molecule has 0 unspecified atom stereocenters. The molecule has 0 aromatic heterocycles. The first-order chi connectivity index (χ1) is 8.99. The van der Waals surface area contributed by atoms with Crippen LogP contribution in [0.2, 0.25) is 0 Å². The summed E-state index contributed by atoms with van der Waals surface area (Å²) < 4.78 is 9.61. The zero-order valence-electron chi connectivity index (χ0n) is 11.8. The Morgan fingerprint density at radius 2 is 2.16 bits per heavy atom. The van der Waals surface area contributed by atoms with Gasteiger partial charge in [-0.15, -0.1) is 0 Å². The van der Waals surface area contributed by atoms with Gasteiger partial charge in [0.15, 0.2) is 0 Å². The molecule has 1 aliphatic heterocycles. The van der Waals surface area contributed by atoms with E-state index >= 15 is 0 Å². The zero-order valence-corrected chi connectivity index (χ0v) is 12.7. The van der Waals surface area contributed by atoms with Gasteiger partial charge >= 0.3 is 11.9 Å². The molecule has 2 atom stereocenters. The second kappa shape index (κ2) is 7.53. The van der Waals surface area contributed by atoms with E-state index in [1.807, 2.05) is 0 Å². The summed E-state index contributed by atoms with van der Waals surface area (Å²) in [6, 6.07) is -0.424. The first-order valence-electron chi connectivity index (χ1n) is 6.43. The van der Waals surface area contributed by atoms with Crippen molar-refractivity contribution in [2.75, 3.05) is 19.5 Å². The van der Waals surface area contributed by atoms with Gasteiger partial charge in [-0.1, -0.05) is 25.6 Å². The van der Waals surface area contributed by atoms with Crippen LogP contribution in [0.25, 0.3) is 0 Å². The third-order valence-electron chi connectivity index (χ3n) is 3.01. The van der Waals surface area contributed by atoms with Crippen molar-refractivity contribution in [3.8, 4) is 0 Å². The molecule has 0 amide bonds. The molecule has 0 aromatic carbocycles. The minimum Gasteiger partial charge on any atom is -0.468 e. The first-order valence-corrected chi connectivity index (χ1v) is 7.42. The van der Waals surface area contributed by atoms with Gasteiger partial charge in [0.1, 0.15) is 6.04 Å². The second-order valence-corrected chi connectivity index (χ2v) is 5.68. The average Bonchev–Trinajstić information content (AvgIpc) is 2.80. The Labute approximate surface area is 118 Å². The lowest BCUT2D eigenvalue weighted by Gasteiger charge is -2.16. The summed E-state index contributed by atoms with van der Waals surface area (Å²) in [5.41, 5.74) is 0. The molecule has 0 fully saturated rings. The number of thioether (sulfide) groups is 1. The number of esters is 2. The molecule has 0 radical (unpaired) electrons. The second-order valence-electron chi connectivity index (χ2n) is 4.69. The van der Waals surface area contributed by atoms with Crippen molar-refractivity contribution in [3.05, 3.63) is 0 Å². The number of rotatable bonds is 5. The van der Waals surface area contributed by atoms with Crippen LogP contribution < -0.4 is 0 Å². The number of hydrogen-bond donors (Lipinski definition) is 0. The van der Waals surface area contributed by atoms with Crippen LogP contribution in [-0.4, -0.2) is 42.5 Å². The van der Waals surface area contributed by atoms with Crippen LogP contribution >= 0.6 is 11.8 Å². The number of ether oxygens (including phenoxy) is 2. The van der Waals surface area contributed by atoms with Crippen molar-refractivity contribution in [2.45, 2.75) is 33.2 Å². The normalized spacial score (nSPS) is 22.3. The monoisotopic (exact) mass is 287 g/mol. The molecule has 0 saturated heterocycles. The molecule has 1 aliphatic rings. The van der Waals surface area contributed by atoms with Gasteiger partial charge in [0.25, 0.3) is 0 Å². The SMILES string of the molecule is CCOC(=O)[C@H]1C[C@H](C(C)C)C(SCC(=O)OC)=N1.